The van der Waals surface area contributed by atoms with Crippen LogP contribution in [-0.4, -0.2) is 68.8 Å². The number of likely N-dealkylation sites (N-methyl/N-ethyl adjacent to an activating group) is 1. The van der Waals surface area contributed by atoms with Gasteiger partial charge in [0.05, 0.1) is 18.2 Å². The van der Waals surface area contributed by atoms with Crippen molar-refractivity contribution in [2.45, 2.75) is 10.3 Å². The third-order valence-corrected chi connectivity index (χ3v) is 5.62. The largest absolute Gasteiger partial charge is 0.476 e. The summed E-state index contributed by atoms with van der Waals surface area (Å²) in [6.07, 6.45) is -0.246. The van der Waals surface area contributed by atoms with Crippen molar-refractivity contribution in [2.24, 2.45) is 0 Å². The lowest BCUT2D eigenvalue weighted by Gasteiger charge is -2.29. The Morgan fingerprint density at radius 1 is 1.70 bits per heavy atom. The van der Waals surface area contributed by atoms with Crippen LogP contribution < -0.4 is 4.72 Å². The van der Waals surface area contributed by atoms with Crippen LogP contribution in [0.15, 0.2) is 9.72 Å². The average Bonchev–Trinajstić information content (AvgIpc) is 2.87. The first-order valence-electron chi connectivity index (χ1n) is 5.87. The van der Waals surface area contributed by atoms with Crippen molar-refractivity contribution in [3.63, 3.8) is 0 Å². The smallest absolute Gasteiger partial charge is 0.356 e. The van der Waals surface area contributed by atoms with Crippen LogP contribution in [0.4, 0.5) is 0 Å². The number of carboxylic acid groups (broad SMARTS) is 1. The summed E-state index contributed by atoms with van der Waals surface area (Å²) in [7, 11) is -1.96. The Labute approximate surface area is 120 Å². The van der Waals surface area contributed by atoms with Crippen molar-refractivity contribution >= 4 is 27.3 Å². The molecule has 8 nitrogen and oxygen atoms in total. The molecular weight excluding hydrogens is 306 g/mol. The molecule has 1 saturated heterocycles. The normalized spacial score (nSPS) is 20.9. The van der Waals surface area contributed by atoms with E-state index in [4.69, 9.17) is 9.84 Å². The molecule has 0 amide bonds. The maximum atomic E-state index is 12.1. The van der Waals surface area contributed by atoms with Gasteiger partial charge in [-0.25, -0.2) is 22.9 Å². The molecule has 2 rings (SSSR count). The van der Waals surface area contributed by atoms with Crippen LogP contribution in [0, 0.1) is 0 Å². The second-order valence-electron chi connectivity index (χ2n) is 4.40. The minimum Gasteiger partial charge on any atom is -0.476 e. The summed E-state index contributed by atoms with van der Waals surface area (Å²) < 4.78 is 31.7. The highest BCUT2D eigenvalue weighted by Gasteiger charge is 2.27. The molecule has 1 aliphatic rings. The molecule has 0 aromatic carbocycles. The Morgan fingerprint density at radius 2 is 2.45 bits per heavy atom. The molecule has 10 heteroatoms. The summed E-state index contributed by atoms with van der Waals surface area (Å²) in [6, 6.07) is 0. The predicted molar refractivity (Wildman–Crippen MR) is 71.5 cm³/mol. The van der Waals surface area contributed by atoms with E-state index in [9.17, 15) is 13.2 Å². The van der Waals surface area contributed by atoms with E-state index in [0.717, 1.165) is 17.9 Å². The number of hydrogen-bond acceptors (Lipinski definition) is 7. The number of carbonyl (C=O) groups is 1. The third-order valence-electron chi connectivity index (χ3n) is 2.82. The van der Waals surface area contributed by atoms with E-state index in [0.29, 0.717) is 13.2 Å². The molecule has 1 aliphatic heterocycles. The molecule has 20 heavy (non-hydrogen) atoms. The van der Waals surface area contributed by atoms with Gasteiger partial charge in [0.15, 0.2) is 9.90 Å². The van der Waals surface area contributed by atoms with E-state index in [-0.39, 0.29) is 16.9 Å². The number of carboxylic acids is 1. The quantitative estimate of drug-likeness (QED) is 0.749. The molecule has 0 aliphatic carbocycles. The van der Waals surface area contributed by atoms with Crippen LogP contribution in [0.3, 0.4) is 0 Å². The SMILES string of the molecule is CN1CCOC(CNS(=O)(=O)c2scnc2C(=O)O)C1. The third kappa shape index (κ3) is 3.52. The Kier molecular flexibility index (Phi) is 4.70. The number of aromatic carboxylic acids is 1. The summed E-state index contributed by atoms with van der Waals surface area (Å²) in [5.41, 5.74) is 0.743. The maximum Gasteiger partial charge on any atom is 0.356 e. The molecule has 1 aromatic rings. The van der Waals surface area contributed by atoms with Gasteiger partial charge in [0, 0.05) is 19.6 Å². The molecule has 0 radical (unpaired) electrons. The Hall–Kier alpha value is -1.07. The number of sulfonamides is 1. The van der Waals surface area contributed by atoms with Gasteiger partial charge >= 0.3 is 5.97 Å². The predicted octanol–water partition coefficient (Wildman–Crippen LogP) is -0.550. The van der Waals surface area contributed by atoms with Crippen molar-refractivity contribution in [3.05, 3.63) is 11.2 Å². The fourth-order valence-corrected chi connectivity index (χ4v) is 4.08. The maximum absolute atomic E-state index is 12.1. The zero-order valence-corrected chi connectivity index (χ0v) is 12.4. The number of morpholine rings is 1. The second kappa shape index (κ2) is 6.14. The van der Waals surface area contributed by atoms with Crippen molar-refractivity contribution in [1.29, 1.82) is 0 Å². The second-order valence-corrected chi connectivity index (χ2v) is 7.22. The lowest BCUT2D eigenvalue weighted by Crippen LogP contribution is -2.45. The molecule has 112 valence electrons. The van der Waals surface area contributed by atoms with E-state index < -0.39 is 21.7 Å². The Morgan fingerprint density at radius 3 is 3.10 bits per heavy atom. The van der Waals surface area contributed by atoms with Crippen LogP contribution in [-0.2, 0) is 14.8 Å². The molecule has 1 atom stereocenters. The molecule has 1 unspecified atom stereocenters. The van der Waals surface area contributed by atoms with Crippen LogP contribution in [0.2, 0.25) is 0 Å². The van der Waals surface area contributed by atoms with E-state index in [1.54, 1.807) is 0 Å². The zero-order chi connectivity index (χ0) is 14.8. The van der Waals surface area contributed by atoms with E-state index in [1.165, 1.54) is 5.51 Å². The number of ether oxygens (including phenoxy) is 1. The highest BCUT2D eigenvalue weighted by molar-refractivity contribution is 7.91. The molecule has 2 N–H and O–H groups in total. The van der Waals surface area contributed by atoms with Gasteiger partial charge in [-0.3, -0.25) is 0 Å². The summed E-state index contributed by atoms with van der Waals surface area (Å²) in [5.74, 6) is -1.36. The zero-order valence-electron chi connectivity index (χ0n) is 10.8. The van der Waals surface area contributed by atoms with Crippen molar-refractivity contribution in [3.8, 4) is 0 Å². The Balaban J connectivity index is 2.04. The number of nitrogens with one attached hydrogen (secondary N) is 1. The first-order chi connectivity index (χ1) is 9.40. The highest BCUT2D eigenvalue weighted by Crippen LogP contribution is 2.19. The van der Waals surface area contributed by atoms with E-state index in [2.05, 4.69) is 9.71 Å². The van der Waals surface area contributed by atoms with Crippen LogP contribution in [0.5, 0.6) is 0 Å². The van der Waals surface area contributed by atoms with E-state index >= 15 is 0 Å². The van der Waals surface area contributed by atoms with Crippen LogP contribution >= 0.6 is 11.3 Å². The van der Waals surface area contributed by atoms with Crippen LogP contribution in [0.1, 0.15) is 10.5 Å². The minimum atomic E-state index is -3.88. The molecule has 1 aromatic heterocycles. The van der Waals surface area contributed by atoms with E-state index in [1.807, 2.05) is 11.9 Å². The van der Waals surface area contributed by atoms with Gasteiger partial charge in [-0.1, -0.05) is 0 Å². The van der Waals surface area contributed by atoms with Gasteiger partial charge in [-0.05, 0) is 7.05 Å². The van der Waals surface area contributed by atoms with Crippen molar-refractivity contribution in [2.75, 3.05) is 33.3 Å². The standard InChI is InChI=1S/C10H15N3O5S2/c1-13-2-3-18-7(5-13)4-12-20(16,17)10-8(9(14)15)11-6-19-10/h6-7,12H,2-5H2,1H3,(H,14,15). The fourth-order valence-electron chi connectivity index (χ4n) is 1.83. The topological polar surface area (TPSA) is 109 Å². The van der Waals surface area contributed by atoms with Gasteiger partial charge in [0.1, 0.15) is 0 Å². The highest BCUT2D eigenvalue weighted by atomic mass is 32.2. The van der Waals surface area contributed by atoms with Gasteiger partial charge in [-0.2, -0.15) is 0 Å². The number of hydrogen-bond donors (Lipinski definition) is 2. The minimum absolute atomic E-state index is 0.101. The van der Waals surface area contributed by atoms with Gasteiger partial charge in [0.2, 0.25) is 0 Å². The first kappa shape index (κ1) is 15.3. The summed E-state index contributed by atoms with van der Waals surface area (Å²) >= 11 is 0.778. The number of nitrogens with zero attached hydrogens (tertiary/aromatic N) is 2. The van der Waals surface area contributed by atoms with Gasteiger partial charge in [-0.15, -0.1) is 11.3 Å². The number of aromatic nitrogens is 1. The molecule has 0 bridgehead atoms. The molecular formula is C10H15N3O5S2. The number of rotatable bonds is 5. The Bertz CT molecular complexity index is 585. The number of thiazole rings is 1. The van der Waals surface area contributed by atoms with Gasteiger partial charge in [0.25, 0.3) is 10.0 Å². The lowest BCUT2D eigenvalue weighted by atomic mass is 10.3. The average molecular weight is 321 g/mol. The van der Waals surface area contributed by atoms with Crippen molar-refractivity contribution in [1.82, 2.24) is 14.6 Å². The summed E-state index contributed by atoms with van der Waals surface area (Å²) in [5, 5.41) is 8.89. The lowest BCUT2D eigenvalue weighted by molar-refractivity contribution is -0.0156. The monoisotopic (exact) mass is 321 g/mol. The van der Waals surface area contributed by atoms with Crippen molar-refractivity contribution < 1.29 is 23.1 Å². The summed E-state index contributed by atoms with van der Waals surface area (Å²) in [4.78, 5) is 16.5. The molecule has 2 heterocycles. The molecule has 0 saturated carbocycles. The first-order valence-corrected chi connectivity index (χ1v) is 8.23. The fraction of sp³-hybridized carbons (Fsp3) is 0.600. The molecule has 0 spiro atoms. The summed E-state index contributed by atoms with van der Waals surface area (Å²) in [6.45, 7) is 2.08. The van der Waals surface area contributed by atoms with Gasteiger partial charge < -0.3 is 14.7 Å². The van der Waals surface area contributed by atoms with Crippen LogP contribution in [0.25, 0.3) is 0 Å². The molecule has 1 fully saturated rings.